The summed E-state index contributed by atoms with van der Waals surface area (Å²) in [6.07, 6.45) is 1.44. The van der Waals surface area contributed by atoms with Crippen molar-refractivity contribution in [2.45, 2.75) is 6.61 Å². The Morgan fingerprint density at radius 1 is 1.65 bits per heavy atom. The van der Waals surface area contributed by atoms with Crippen LogP contribution in [-0.2, 0) is 11.3 Å². The van der Waals surface area contributed by atoms with Gasteiger partial charge in [-0.3, -0.25) is 0 Å². The van der Waals surface area contributed by atoms with Crippen LogP contribution in [0.5, 0.6) is 0 Å². The highest BCUT2D eigenvalue weighted by atomic mass is 79.9. The molecule has 0 saturated carbocycles. The number of aromatic carboxylic acids is 1. The van der Waals surface area contributed by atoms with Gasteiger partial charge in [-0.05, 0) is 22.0 Å². The quantitative estimate of drug-likeness (QED) is 0.934. The molecule has 0 unspecified atom stereocenters. The Morgan fingerprint density at radius 3 is 2.94 bits per heavy atom. The van der Waals surface area contributed by atoms with Crippen LogP contribution in [0.3, 0.4) is 0 Å². The zero-order valence-corrected chi connectivity index (χ0v) is 10.4. The molecule has 0 atom stereocenters. The third-order valence-corrected chi connectivity index (χ3v) is 2.64. The van der Waals surface area contributed by atoms with Crippen LogP contribution in [0.4, 0.5) is 0 Å². The highest BCUT2D eigenvalue weighted by Crippen LogP contribution is 2.30. The second kappa shape index (κ2) is 4.72. The van der Waals surface area contributed by atoms with Crippen LogP contribution >= 0.6 is 15.9 Å². The molecule has 6 nitrogen and oxygen atoms in total. The van der Waals surface area contributed by atoms with E-state index >= 15 is 0 Å². The summed E-state index contributed by atoms with van der Waals surface area (Å²) in [6, 6.07) is 1.62. The van der Waals surface area contributed by atoms with Crippen LogP contribution in [0.2, 0.25) is 0 Å². The number of hydrogen-bond donors (Lipinski definition) is 1. The molecule has 0 amide bonds. The highest BCUT2D eigenvalue weighted by molar-refractivity contribution is 9.10. The standard InChI is InChI=1S/C10H8BrNO5/c1-15-4-6-7(10(13)14)17-9(12-6)5-2-3-16-8(5)11/h2-3H,4H2,1H3,(H,13,14). The van der Waals surface area contributed by atoms with Crippen LogP contribution < -0.4 is 0 Å². The number of methoxy groups -OCH3 is 1. The number of carbonyl (C=O) groups is 1. The van der Waals surface area contributed by atoms with Gasteiger partial charge in [-0.25, -0.2) is 9.78 Å². The van der Waals surface area contributed by atoms with Crippen LogP contribution in [0, 0.1) is 0 Å². The van der Waals surface area contributed by atoms with E-state index in [9.17, 15) is 4.79 Å². The second-order valence-corrected chi connectivity index (χ2v) is 3.86. The number of oxazole rings is 1. The molecule has 2 aromatic heterocycles. The lowest BCUT2D eigenvalue weighted by molar-refractivity contribution is 0.0656. The fourth-order valence-corrected chi connectivity index (χ4v) is 1.72. The van der Waals surface area contributed by atoms with E-state index in [4.69, 9.17) is 18.7 Å². The zero-order valence-electron chi connectivity index (χ0n) is 8.77. The van der Waals surface area contributed by atoms with Crippen molar-refractivity contribution in [1.29, 1.82) is 0 Å². The lowest BCUT2D eigenvalue weighted by Crippen LogP contribution is -2.00. The number of rotatable bonds is 4. The van der Waals surface area contributed by atoms with Gasteiger partial charge in [0.05, 0.1) is 18.4 Å². The molecule has 0 bridgehead atoms. The molecule has 0 fully saturated rings. The molecule has 0 aliphatic rings. The van der Waals surface area contributed by atoms with E-state index in [2.05, 4.69) is 20.9 Å². The van der Waals surface area contributed by atoms with Gasteiger partial charge >= 0.3 is 5.97 Å². The maximum Gasteiger partial charge on any atom is 0.373 e. The first-order chi connectivity index (χ1) is 8.13. The minimum absolute atomic E-state index is 0.0700. The predicted octanol–water partition coefficient (Wildman–Crippen LogP) is 2.54. The van der Waals surface area contributed by atoms with Crippen molar-refractivity contribution in [3.8, 4) is 11.5 Å². The van der Waals surface area contributed by atoms with Gasteiger partial charge in [0, 0.05) is 7.11 Å². The number of aromatic nitrogens is 1. The SMILES string of the molecule is COCc1nc(-c2ccoc2Br)oc1C(=O)O. The Bertz CT molecular complexity index is 545. The van der Waals surface area contributed by atoms with Crippen molar-refractivity contribution in [3.63, 3.8) is 0 Å². The molecular weight excluding hydrogens is 294 g/mol. The molecule has 90 valence electrons. The first-order valence-electron chi connectivity index (χ1n) is 4.58. The van der Waals surface area contributed by atoms with Gasteiger partial charge < -0.3 is 18.7 Å². The summed E-state index contributed by atoms with van der Waals surface area (Å²) in [7, 11) is 1.45. The predicted molar refractivity (Wildman–Crippen MR) is 59.6 cm³/mol. The molecule has 0 aliphatic carbocycles. The van der Waals surface area contributed by atoms with Gasteiger partial charge in [0.1, 0.15) is 5.69 Å². The van der Waals surface area contributed by atoms with Gasteiger partial charge in [0.2, 0.25) is 11.7 Å². The Balaban J connectivity index is 2.47. The number of carboxylic acids is 1. The summed E-state index contributed by atoms with van der Waals surface area (Å²) >= 11 is 3.17. The summed E-state index contributed by atoms with van der Waals surface area (Å²) in [5.74, 6) is -1.24. The van der Waals surface area contributed by atoms with Crippen LogP contribution in [0.25, 0.3) is 11.5 Å². The van der Waals surface area contributed by atoms with E-state index in [1.165, 1.54) is 13.4 Å². The molecule has 2 heterocycles. The average molecular weight is 302 g/mol. The minimum Gasteiger partial charge on any atom is -0.475 e. The van der Waals surface area contributed by atoms with E-state index in [0.717, 1.165) is 0 Å². The van der Waals surface area contributed by atoms with Crippen molar-refractivity contribution in [2.75, 3.05) is 7.11 Å². The fourth-order valence-electron chi connectivity index (χ4n) is 1.31. The number of nitrogens with zero attached hydrogens (tertiary/aromatic N) is 1. The van der Waals surface area contributed by atoms with Gasteiger partial charge in [-0.1, -0.05) is 0 Å². The number of ether oxygens (including phenoxy) is 1. The molecule has 0 aromatic carbocycles. The van der Waals surface area contributed by atoms with E-state index in [-0.39, 0.29) is 24.0 Å². The molecule has 7 heteroatoms. The van der Waals surface area contributed by atoms with Gasteiger partial charge in [-0.2, -0.15) is 0 Å². The Hall–Kier alpha value is -1.60. The molecule has 2 rings (SSSR count). The van der Waals surface area contributed by atoms with E-state index in [0.29, 0.717) is 10.2 Å². The number of halogens is 1. The van der Waals surface area contributed by atoms with Gasteiger partial charge in [0.25, 0.3) is 0 Å². The number of carboxylic acid groups (broad SMARTS) is 1. The summed E-state index contributed by atoms with van der Waals surface area (Å²) in [5, 5.41) is 8.95. The van der Waals surface area contributed by atoms with Crippen molar-refractivity contribution in [2.24, 2.45) is 0 Å². The first-order valence-corrected chi connectivity index (χ1v) is 5.38. The lowest BCUT2D eigenvalue weighted by Gasteiger charge is -1.92. The van der Waals surface area contributed by atoms with E-state index in [1.807, 2.05) is 0 Å². The van der Waals surface area contributed by atoms with E-state index in [1.54, 1.807) is 6.07 Å². The maximum atomic E-state index is 10.9. The Kier molecular flexibility index (Phi) is 3.30. The molecule has 0 aliphatic heterocycles. The van der Waals surface area contributed by atoms with Gasteiger partial charge in [0.15, 0.2) is 4.67 Å². The van der Waals surface area contributed by atoms with Crippen molar-refractivity contribution in [3.05, 3.63) is 28.5 Å². The fraction of sp³-hybridized carbons (Fsp3) is 0.200. The number of hydrogen-bond acceptors (Lipinski definition) is 5. The van der Waals surface area contributed by atoms with Crippen LogP contribution in [0.15, 0.2) is 25.8 Å². The third kappa shape index (κ3) is 2.25. The molecule has 0 saturated heterocycles. The summed E-state index contributed by atoms with van der Waals surface area (Å²) in [5.41, 5.74) is 0.790. The molecule has 2 aromatic rings. The normalized spacial score (nSPS) is 10.7. The molecular formula is C10H8BrNO5. The maximum absolute atomic E-state index is 10.9. The average Bonchev–Trinajstić information content (AvgIpc) is 2.84. The van der Waals surface area contributed by atoms with E-state index < -0.39 is 5.97 Å². The summed E-state index contributed by atoms with van der Waals surface area (Å²) in [6.45, 7) is 0.0700. The highest BCUT2D eigenvalue weighted by Gasteiger charge is 2.22. The first kappa shape index (κ1) is 11.9. The van der Waals surface area contributed by atoms with Crippen LogP contribution in [0.1, 0.15) is 16.2 Å². The molecule has 17 heavy (non-hydrogen) atoms. The van der Waals surface area contributed by atoms with Crippen molar-refractivity contribution < 1.29 is 23.5 Å². The largest absolute Gasteiger partial charge is 0.475 e. The van der Waals surface area contributed by atoms with Crippen molar-refractivity contribution in [1.82, 2.24) is 4.98 Å². The number of furan rings is 1. The molecule has 0 spiro atoms. The molecule has 0 radical (unpaired) electrons. The Labute approximate surface area is 104 Å². The summed E-state index contributed by atoms with van der Waals surface area (Å²) in [4.78, 5) is 15.0. The summed E-state index contributed by atoms with van der Waals surface area (Å²) < 4.78 is 15.5. The topological polar surface area (TPSA) is 85.7 Å². The zero-order chi connectivity index (χ0) is 12.4. The minimum atomic E-state index is -1.18. The third-order valence-electron chi connectivity index (χ3n) is 2.02. The second-order valence-electron chi connectivity index (χ2n) is 3.14. The lowest BCUT2D eigenvalue weighted by atomic mass is 10.3. The van der Waals surface area contributed by atoms with Gasteiger partial charge in [-0.15, -0.1) is 0 Å². The van der Waals surface area contributed by atoms with Crippen LogP contribution in [-0.4, -0.2) is 23.2 Å². The molecule has 1 N–H and O–H groups in total. The van der Waals surface area contributed by atoms with Crippen molar-refractivity contribution >= 4 is 21.9 Å². The Morgan fingerprint density at radius 2 is 2.41 bits per heavy atom. The monoisotopic (exact) mass is 301 g/mol. The smallest absolute Gasteiger partial charge is 0.373 e.